The third kappa shape index (κ3) is 3.40. The fraction of sp³-hybridized carbons (Fsp3) is 0.200. The summed E-state index contributed by atoms with van der Waals surface area (Å²) < 4.78 is 18.7. The van der Waals surface area contributed by atoms with Crippen molar-refractivity contribution in [3.8, 4) is 5.75 Å². The fourth-order valence-corrected chi connectivity index (χ4v) is 2.31. The van der Waals surface area contributed by atoms with E-state index in [1.165, 1.54) is 12.1 Å². The van der Waals surface area contributed by atoms with Crippen molar-refractivity contribution >= 4 is 23.2 Å². The summed E-state index contributed by atoms with van der Waals surface area (Å²) in [6.07, 6.45) is 0.562. The smallest absolute Gasteiger partial charge is 0.142 e. The summed E-state index contributed by atoms with van der Waals surface area (Å²) >= 11 is 12.0. The van der Waals surface area contributed by atoms with Gasteiger partial charge in [-0.25, -0.2) is 4.39 Å². The van der Waals surface area contributed by atoms with Crippen LogP contribution in [0.3, 0.4) is 0 Å². The van der Waals surface area contributed by atoms with Gasteiger partial charge in [-0.2, -0.15) is 0 Å². The lowest BCUT2D eigenvalue weighted by Gasteiger charge is -2.13. The second-order valence-electron chi connectivity index (χ2n) is 4.16. The number of hydrogen-bond acceptors (Lipinski definition) is 1. The van der Waals surface area contributed by atoms with E-state index in [9.17, 15) is 4.39 Å². The Morgan fingerprint density at radius 1 is 1.21 bits per heavy atom. The highest BCUT2D eigenvalue weighted by Gasteiger charge is 2.13. The van der Waals surface area contributed by atoms with Gasteiger partial charge in [-0.15, -0.1) is 11.6 Å². The molecule has 0 radical (unpaired) electrons. The highest BCUT2D eigenvalue weighted by molar-refractivity contribution is 6.30. The zero-order chi connectivity index (χ0) is 13.8. The Morgan fingerprint density at radius 3 is 2.63 bits per heavy atom. The Balaban J connectivity index is 2.20. The van der Waals surface area contributed by atoms with Crippen LogP contribution in [0.15, 0.2) is 42.5 Å². The minimum Gasteiger partial charge on any atom is -0.496 e. The Kier molecular flexibility index (Phi) is 4.67. The topological polar surface area (TPSA) is 9.23 Å². The van der Waals surface area contributed by atoms with Crippen LogP contribution in [0.4, 0.5) is 4.39 Å². The van der Waals surface area contributed by atoms with Crippen LogP contribution in [0.5, 0.6) is 5.75 Å². The average molecular weight is 299 g/mol. The van der Waals surface area contributed by atoms with Crippen molar-refractivity contribution in [3.05, 3.63) is 64.4 Å². The van der Waals surface area contributed by atoms with Gasteiger partial charge in [-0.05, 0) is 35.7 Å². The van der Waals surface area contributed by atoms with Crippen LogP contribution in [-0.2, 0) is 6.42 Å². The van der Waals surface area contributed by atoms with Gasteiger partial charge in [0.2, 0.25) is 0 Å². The molecule has 1 unspecified atom stereocenters. The summed E-state index contributed by atoms with van der Waals surface area (Å²) in [4.78, 5) is 0. The van der Waals surface area contributed by atoms with Gasteiger partial charge in [0.1, 0.15) is 11.6 Å². The molecule has 0 bridgehead atoms. The molecule has 0 N–H and O–H groups in total. The first-order valence-electron chi connectivity index (χ1n) is 5.82. The zero-order valence-electron chi connectivity index (χ0n) is 10.4. The number of methoxy groups -OCH3 is 1. The van der Waals surface area contributed by atoms with Crippen molar-refractivity contribution in [2.24, 2.45) is 0 Å². The van der Waals surface area contributed by atoms with E-state index < -0.39 is 5.82 Å². The van der Waals surface area contributed by atoms with Gasteiger partial charge in [0.05, 0.1) is 17.5 Å². The predicted molar refractivity (Wildman–Crippen MR) is 76.7 cm³/mol. The van der Waals surface area contributed by atoms with Crippen molar-refractivity contribution in [1.82, 2.24) is 0 Å². The largest absolute Gasteiger partial charge is 0.496 e. The third-order valence-electron chi connectivity index (χ3n) is 2.90. The average Bonchev–Trinajstić information content (AvgIpc) is 2.42. The Morgan fingerprint density at radius 2 is 1.95 bits per heavy atom. The Hall–Kier alpha value is -1.25. The first-order chi connectivity index (χ1) is 9.11. The monoisotopic (exact) mass is 298 g/mol. The molecular formula is C15H13Cl2FO. The Bertz CT molecular complexity index is 572. The molecule has 0 saturated carbocycles. The quantitative estimate of drug-likeness (QED) is 0.721. The van der Waals surface area contributed by atoms with E-state index in [0.717, 1.165) is 11.3 Å². The maximum Gasteiger partial charge on any atom is 0.142 e. The summed E-state index contributed by atoms with van der Waals surface area (Å²) in [6.45, 7) is 0. The SMILES string of the molecule is COc1ccccc1CC(Cl)c1ccc(Cl)c(F)c1. The normalized spacial score (nSPS) is 12.2. The van der Waals surface area contributed by atoms with Gasteiger partial charge in [-0.1, -0.05) is 35.9 Å². The molecule has 0 heterocycles. The molecule has 2 rings (SSSR count). The number of para-hydroxylation sites is 1. The van der Waals surface area contributed by atoms with E-state index in [-0.39, 0.29) is 10.4 Å². The van der Waals surface area contributed by atoms with E-state index in [2.05, 4.69) is 0 Å². The summed E-state index contributed by atoms with van der Waals surface area (Å²) in [5.74, 6) is 0.326. The molecule has 2 aromatic carbocycles. The van der Waals surface area contributed by atoms with Crippen molar-refractivity contribution < 1.29 is 9.13 Å². The minimum absolute atomic E-state index is 0.102. The lowest BCUT2D eigenvalue weighted by atomic mass is 10.0. The van der Waals surface area contributed by atoms with E-state index >= 15 is 0 Å². The van der Waals surface area contributed by atoms with E-state index in [1.54, 1.807) is 13.2 Å². The van der Waals surface area contributed by atoms with Gasteiger partial charge in [0.25, 0.3) is 0 Å². The molecule has 19 heavy (non-hydrogen) atoms. The molecular weight excluding hydrogens is 286 g/mol. The highest BCUT2D eigenvalue weighted by atomic mass is 35.5. The molecule has 4 heteroatoms. The van der Waals surface area contributed by atoms with Crippen LogP contribution >= 0.6 is 23.2 Å². The molecule has 0 aliphatic carbocycles. The molecule has 0 saturated heterocycles. The maximum atomic E-state index is 13.4. The second kappa shape index (κ2) is 6.27. The second-order valence-corrected chi connectivity index (χ2v) is 5.09. The number of alkyl halides is 1. The molecule has 0 amide bonds. The van der Waals surface area contributed by atoms with Crippen molar-refractivity contribution in [2.45, 2.75) is 11.8 Å². The van der Waals surface area contributed by atoms with Gasteiger partial charge >= 0.3 is 0 Å². The van der Waals surface area contributed by atoms with Crippen LogP contribution in [0, 0.1) is 5.82 Å². The van der Waals surface area contributed by atoms with Crippen molar-refractivity contribution in [1.29, 1.82) is 0 Å². The van der Waals surface area contributed by atoms with Crippen LogP contribution < -0.4 is 4.74 Å². The van der Waals surface area contributed by atoms with Crippen LogP contribution in [0.25, 0.3) is 0 Å². The first-order valence-corrected chi connectivity index (χ1v) is 6.64. The van der Waals surface area contributed by atoms with E-state index in [1.807, 2.05) is 24.3 Å². The molecule has 0 aromatic heterocycles. The highest BCUT2D eigenvalue weighted by Crippen LogP contribution is 2.30. The van der Waals surface area contributed by atoms with Crippen molar-refractivity contribution in [2.75, 3.05) is 7.11 Å². The number of hydrogen-bond donors (Lipinski definition) is 0. The van der Waals surface area contributed by atoms with Crippen molar-refractivity contribution in [3.63, 3.8) is 0 Å². The lowest BCUT2D eigenvalue weighted by molar-refractivity contribution is 0.409. The molecule has 1 atom stereocenters. The summed E-state index contributed by atoms with van der Waals surface area (Å²) in [7, 11) is 1.62. The zero-order valence-corrected chi connectivity index (χ0v) is 11.9. The number of halogens is 3. The summed E-state index contributed by atoms with van der Waals surface area (Å²) in [5, 5.41) is -0.229. The standard InChI is InChI=1S/C15H13Cl2FO/c1-19-15-5-3-2-4-11(15)8-13(17)10-6-7-12(16)14(18)9-10/h2-7,9,13H,8H2,1H3. The lowest BCUT2D eigenvalue weighted by Crippen LogP contribution is -1.99. The third-order valence-corrected chi connectivity index (χ3v) is 3.61. The van der Waals surface area contributed by atoms with Gasteiger partial charge < -0.3 is 4.74 Å². The molecule has 100 valence electrons. The van der Waals surface area contributed by atoms with Crippen LogP contribution in [0.2, 0.25) is 5.02 Å². The van der Waals surface area contributed by atoms with Crippen LogP contribution in [-0.4, -0.2) is 7.11 Å². The molecule has 0 fully saturated rings. The summed E-state index contributed by atoms with van der Waals surface area (Å²) in [5.41, 5.74) is 1.69. The first kappa shape index (κ1) is 14.2. The maximum absolute atomic E-state index is 13.4. The molecule has 1 nitrogen and oxygen atoms in total. The molecule has 0 spiro atoms. The number of ether oxygens (including phenoxy) is 1. The minimum atomic E-state index is -0.454. The number of rotatable bonds is 4. The molecule has 2 aromatic rings. The fourth-order valence-electron chi connectivity index (χ4n) is 1.89. The Labute approximate surface area is 121 Å². The van der Waals surface area contributed by atoms with E-state index in [0.29, 0.717) is 12.0 Å². The predicted octanol–water partition coefficient (Wildman–Crippen LogP) is 5.01. The van der Waals surface area contributed by atoms with Gasteiger partial charge in [0.15, 0.2) is 0 Å². The van der Waals surface area contributed by atoms with Crippen LogP contribution in [0.1, 0.15) is 16.5 Å². The van der Waals surface area contributed by atoms with Gasteiger partial charge in [-0.3, -0.25) is 0 Å². The van der Waals surface area contributed by atoms with Gasteiger partial charge in [0, 0.05) is 0 Å². The molecule has 0 aliphatic heterocycles. The summed E-state index contributed by atoms with van der Waals surface area (Å²) in [6, 6.07) is 12.3. The number of benzene rings is 2. The molecule has 0 aliphatic rings. The van der Waals surface area contributed by atoms with E-state index in [4.69, 9.17) is 27.9 Å².